The maximum atomic E-state index is 12.5. The molecule has 5 atom stereocenters. The molecule has 3 nitrogen and oxygen atoms in total. The van der Waals surface area contributed by atoms with Gasteiger partial charge in [0, 0.05) is 11.8 Å². The van der Waals surface area contributed by atoms with Crippen LogP contribution in [0.4, 0.5) is 0 Å². The van der Waals surface area contributed by atoms with Crippen molar-refractivity contribution in [2.45, 2.75) is 77.4 Å². The molecule has 130 valence electrons. The molecule has 5 unspecified atom stereocenters. The minimum absolute atomic E-state index is 0.00291. The van der Waals surface area contributed by atoms with Crippen LogP contribution < -0.4 is 0 Å². The van der Waals surface area contributed by atoms with Crippen LogP contribution in [0.1, 0.15) is 66.2 Å². The summed E-state index contributed by atoms with van der Waals surface area (Å²) in [6, 6.07) is 0. The maximum absolute atomic E-state index is 12.5. The summed E-state index contributed by atoms with van der Waals surface area (Å²) < 4.78 is 6.52. The molecule has 3 aliphatic rings. The first-order valence-corrected chi connectivity index (χ1v) is 9.11. The fraction of sp³-hybridized carbons (Fsp3) is 0.850. The van der Waals surface area contributed by atoms with E-state index >= 15 is 0 Å². The van der Waals surface area contributed by atoms with Gasteiger partial charge in [0.15, 0.2) is 0 Å². The number of aliphatic hydroxyl groups excluding tert-OH is 1. The first kappa shape index (κ1) is 17.2. The third-order valence-corrected chi connectivity index (χ3v) is 7.67. The van der Waals surface area contributed by atoms with E-state index in [0.29, 0.717) is 24.0 Å². The van der Waals surface area contributed by atoms with E-state index in [0.717, 1.165) is 32.1 Å². The normalized spacial score (nSPS) is 49.2. The van der Waals surface area contributed by atoms with Gasteiger partial charge in [-0.05, 0) is 56.3 Å². The number of fused-ring (bicyclic) bond motifs is 3. The average molecular weight is 320 g/mol. The molecule has 0 spiro atoms. The summed E-state index contributed by atoms with van der Waals surface area (Å²) in [6.45, 7) is 12.8. The van der Waals surface area contributed by atoms with Crippen LogP contribution in [0.3, 0.4) is 0 Å². The van der Waals surface area contributed by atoms with E-state index < -0.39 is 5.60 Å². The van der Waals surface area contributed by atoms with Crippen LogP contribution in [0.2, 0.25) is 0 Å². The lowest BCUT2D eigenvalue weighted by Crippen LogP contribution is -2.64. The number of hydrogen-bond acceptors (Lipinski definition) is 3. The Morgan fingerprint density at radius 3 is 2.43 bits per heavy atom. The van der Waals surface area contributed by atoms with Gasteiger partial charge in [0.1, 0.15) is 11.4 Å². The topological polar surface area (TPSA) is 46.5 Å². The third kappa shape index (κ3) is 2.26. The number of Topliss-reactive ketones (excluding diaryl/α,β-unsaturated/α-hetero) is 1. The van der Waals surface area contributed by atoms with E-state index in [9.17, 15) is 9.90 Å². The van der Waals surface area contributed by atoms with Gasteiger partial charge in [0.2, 0.25) is 0 Å². The van der Waals surface area contributed by atoms with E-state index in [-0.39, 0.29) is 23.0 Å². The molecule has 23 heavy (non-hydrogen) atoms. The van der Waals surface area contributed by atoms with Crippen molar-refractivity contribution in [2.75, 3.05) is 6.61 Å². The van der Waals surface area contributed by atoms with Crippen LogP contribution in [-0.4, -0.2) is 28.7 Å². The summed E-state index contributed by atoms with van der Waals surface area (Å²) in [5.74, 6) is 1.31. The zero-order valence-corrected chi connectivity index (χ0v) is 15.2. The second-order valence-corrected chi connectivity index (χ2v) is 9.17. The zero-order chi connectivity index (χ0) is 17.1. The Morgan fingerprint density at radius 1 is 1.17 bits per heavy atom. The lowest BCUT2D eigenvalue weighted by Gasteiger charge is -2.64. The van der Waals surface area contributed by atoms with Crippen molar-refractivity contribution in [1.82, 2.24) is 0 Å². The van der Waals surface area contributed by atoms with Crippen molar-refractivity contribution < 1.29 is 14.6 Å². The molecule has 3 fully saturated rings. The van der Waals surface area contributed by atoms with Gasteiger partial charge in [-0.15, -0.1) is 6.58 Å². The predicted octanol–water partition coefficient (Wildman–Crippen LogP) is 3.89. The molecule has 2 aliphatic carbocycles. The van der Waals surface area contributed by atoms with Gasteiger partial charge in [-0.2, -0.15) is 0 Å². The molecule has 1 N–H and O–H groups in total. The van der Waals surface area contributed by atoms with Crippen molar-refractivity contribution in [2.24, 2.45) is 22.7 Å². The zero-order valence-electron chi connectivity index (χ0n) is 15.2. The molecule has 1 heterocycles. The van der Waals surface area contributed by atoms with Gasteiger partial charge >= 0.3 is 0 Å². The van der Waals surface area contributed by atoms with E-state index in [1.54, 1.807) is 6.08 Å². The molecule has 1 aliphatic heterocycles. The molecule has 3 rings (SSSR count). The van der Waals surface area contributed by atoms with Gasteiger partial charge in [0.25, 0.3) is 0 Å². The first-order valence-electron chi connectivity index (χ1n) is 9.11. The summed E-state index contributed by atoms with van der Waals surface area (Å²) >= 11 is 0. The lowest BCUT2D eigenvalue weighted by molar-refractivity contribution is -0.260. The molecular weight excluding hydrogens is 288 g/mol. The van der Waals surface area contributed by atoms with Gasteiger partial charge in [0.05, 0.1) is 12.2 Å². The van der Waals surface area contributed by atoms with Crippen LogP contribution >= 0.6 is 0 Å². The molecule has 0 aromatic carbocycles. The van der Waals surface area contributed by atoms with Gasteiger partial charge in [-0.1, -0.05) is 26.8 Å². The van der Waals surface area contributed by atoms with Crippen LogP contribution in [0.15, 0.2) is 12.7 Å². The third-order valence-electron chi connectivity index (χ3n) is 7.67. The summed E-state index contributed by atoms with van der Waals surface area (Å²) in [5, 5.41) is 9.82. The van der Waals surface area contributed by atoms with Gasteiger partial charge < -0.3 is 9.84 Å². The Labute approximate surface area is 140 Å². The van der Waals surface area contributed by atoms with Crippen molar-refractivity contribution in [1.29, 1.82) is 0 Å². The average Bonchev–Trinajstić information content (AvgIpc) is 2.50. The SMILES string of the molecule is C=CC1(CO)CCC2C(C)(CCC3C(C)(C)C(=O)CCC23C)O1. The summed E-state index contributed by atoms with van der Waals surface area (Å²) in [7, 11) is 0. The molecular formula is C20H32O3. The Bertz CT molecular complexity index is 525. The fourth-order valence-electron chi connectivity index (χ4n) is 6.29. The second-order valence-electron chi connectivity index (χ2n) is 9.17. The maximum Gasteiger partial charge on any atom is 0.138 e. The second kappa shape index (κ2) is 5.16. The number of hydrogen-bond donors (Lipinski definition) is 1. The highest BCUT2D eigenvalue weighted by molar-refractivity contribution is 5.85. The molecule has 0 aromatic heterocycles. The van der Waals surface area contributed by atoms with Crippen molar-refractivity contribution in [3.05, 3.63) is 12.7 Å². The van der Waals surface area contributed by atoms with Gasteiger partial charge in [-0.25, -0.2) is 0 Å². The number of ketones is 1. The summed E-state index contributed by atoms with van der Waals surface area (Å²) in [5.41, 5.74) is -0.892. The highest BCUT2D eigenvalue weighted by Gasteiger charge is 2.63. The summed E-state index contributed by atoms with van der Waals surface area (Å²) in [4.78, 5) is 12.5. The highest BCUT2D eigenvalue weighted by atomic mass is 16.5. The Hall–Kier alpha value is -0.670. The molecule has 0 radical (unpaired) electrons. The monoisotopic (exact) mass is 320 g/mol. The van der Waals surface area contributed by atoms with Crippen LogP contribution in [0.25, 0.3) is 0 Å². The minimum atomic E-state index is -0.589. The highest BCUT2D eigenvalue weighted by Crippen LogP contribution is 2.64. The van der Waals surface area contributed by atoms with Crippen molar-refractivity contribution in [3.8, 4) is 0 Å². The van der Waals surface area contributed by atoms with E-state index in [4.69, 9.17) is 4.74 Å². The molecule has 0 aromatic rings. The lowest BCUT2D eigenvalue weighted by atomic mass is 9.44. The molecule has 3 heteroatoms. The van der Waals surface area contributed by atoms with E-state index in [1.165, 1.54) is 0 Å². The molecule has 1 saturated heterocycles. The van der Waals surface area contributed by atoms with Crippen molar-refractivity contribution >= 4 is 5.78 Å². The largest absolute Gasteiger partial charge is 0.393 e. The number of ether oxygens (including phenoxy) is 1. The number of rotatable bonds is 2. The Morgan fingerprint density at radius 2 is 1.83 bits per heavy atom. The van der Waals surface area contributed by atoms with Gasteiger partial charge in [-0.3, -0.25) is 4.79 Å². The van der Waals surface area contributed by atoms with Crippen LogP contribution in [-0.2, 0) is 9.53 Å². The summed E-state index contributed by atoms with van der Waals surface area (Å²) in [6.07, 6.45) is 7.32. The first-order chi connectivity index (χ1) is 10.6. The Balaban J connectivity index is 1.96. The molecule has 2 saturated carbocycles. The Kier molecular flexibility index (Phi) is 3.85. The van der Waals surface area contributed by atoms with E-state index in [1.807, 2.05) is 0 Å². The standard InChI is InChI=1S/C20H32O3/c1-6-20(13-21)12-8-15-18(4)10-9-16(22)17(2,3)14(18)7-11-19(15,5)23-20/h6,14-15,21H,1,7-13H2,2-5H3. The quantitative estimate of drug-likeness (QED) is 0.785. The molecule has 0 amide bonds. The predicted molar refractivity (Wildman–Crippen MR) is 91.1 cm³/mol. The van der Waals surface area contributed by atoms with Crippen LogP contribution in [0.5, 0.6) is 0 Å². The fourth-order valence-corrected chi connectivity index (χ4v) is 6.29. The number of carbonyl (C=O) groups is 1. The smallest absolute Gasteiger partial charge is 0.138 e. The van der Waals surface area contributed by atoms with Crippen molar-refractivity contribution in [3.63, 3.8) is 0 Å². The minimum Gasteiger partial charge on any atom is -0.393 e. The van der Waals surface area contributed by atoms with Crippen LogP contribution in [0, 0.1) is 22.7 Å². The molecule has 0 bridgehead atoms. The number of carbonyl (C=O) groups excluding carboxylic acids is 1. The van der Waals surface area contributed by atoms with E-state index in [2.05, 4.69) is 34.3 Å². The number of aliphatic hydroxyl groups is 1.